The van der Waals surface area contributed by atoms with E-state index in [1.807, 2.05) is 0 Å². The predicted octanol–water partition coefficient (Wildman–Crippen LogP) is 1.76. The zero-order valence-corrected chi connectivity index (χ0v) is 11.3. The van der Waals surface area contributed by atoms with Gasteiger partial charge in [-0.05, 0) is 31.5 Å². The molecule has 110 valence electrons. The molecule has 0 fully saturated rings. The van der Waals surface area contributed by atoms with Gasteiger partial charge in [0.05, 0.1) is 17.4 Å². The second-order valence-electron chi connectivity index (χ2n) is 4.48. The highest BCUT2D eigenvalue weighted by Gasteiger charge is 2.15. The molecule has 20 heavy (non-hydrogen) atoms. The third-order valence-electron chi connectivity index (χ3n) is 2.68. The molecule has 7 heteroatoms. The highest BCUT2D eigenvalue weighted by molar-refractivity contribution is 5.99. The summed E-state index contributed by atoms with van der Waals surface area (Å²) in [5.41, 5.74) is -0.296. The summed E-state index contributed by atoms with van der Waals surface area (Å²) in [4.78, 5) is 24.1. The van der Waals surface area contributed by atoms with Gasteiger partial charge >= 0.3 is 12.0 Å². The van der Waals surface area contributed by atoms with Crippen molar-refractivity contribution < 1.29 is 24.2 Å². The first kappa shape index (κ1) is 15.9. The van der Waals surface area contributed by atoms with E-state index < -0.39 is 23.9 Å². The van der Waals surface area contributed by atoms with Gasteiger partial charge in [-0.3, -0.25) is 0 Å². The number of hydrogen-bond acceptors (Lipinski definition) is 3. The second-order valence-corrected chi connectivity index (χ2v) is 4.48. The van der Waals surface area contributed by atoms with Crippen molar-refractivity contribution in [2.75, 3.05) is 18.9 Å². The van der Waals surface area contributed by atoms with E-state index in [1.165, 1.54) is 11.9 Å². The van der Waals surface area contributed by atoms with Gasteiger partial charge in [0.25, 0.3) is 0 Å². The fourth-order valence-corrected chi connectivity index (χ4v) is 1.50. The van der Waals surface area contributed by atoms with Crippen molar-refractivity contribution in [2.24, 2.45) is 0 Å². The molecule has 0 saturated heterocycles. The summed E-state index contributed by atoms with van der Waals surface area (Å²) in [6, 6.07) is 2.47. The van der Waals surface area contributed by atoms with Gasteiger partial charge in [-0.2, -0.15) is 0 Å². The molecule has 0 saturated carbocycles. The van der Waals surface area contributed by atoms with Crippen LogP contribution in [0.5, 0.6) is 0 Å². The maximum atomic E-state index is 13.1. The van der Waals surface area contributed by atoms with Crippen LogP contribution in [0.25, 0.3) is 0 Å². The van der Waals surface area contributed by atoms with Crippen molar-refractivity contribution in [2.45, 2.75) is 19.4 Å². The number of hydrogen-bond donors (Lipinski definition) is 3. The first-order valence-corrected chi connectivity index (χ1v) is 6.04. The van der Waals surface area contributed by atoms with E-state index in [4.69, 9.17) is 10.2 Å². The monoisotopic (exact) mass is 284 g/mol. The van der Waals surface area contributed by atoms with Crippen molar-refractivity contribution in [1.29, 1.82) is 0 Å². The lowest BCUT2D eigenvalue weighted by molar-refractivity contribution is 0.0698. The molecule has 3 N–H and O–H groups in total. The first-order valence-electron chi connectivity index (χ1n) is 6.04. The van der Waals surface area contributed by atoms with Crippen LogP contribution in [0.1, 0.15) is 23.7 Å². The van der Waals surface area contributed by atoms with Gasteiger partial charge in [0.2, 0.25) is 0 Å². The molecule has 0 aliphatic rings. The number of aromatic carboxylic acids is 1. The highest BCUT2D eigenvalue weighted by Crippen LogP contribution is 2.17. The van der Waals surface area contributed by atoms with Gasteiger partial charge in [-0.15, -0.1) is 0 Å². The Morgan fingerprint density at radius 3 is 2.65 bits per heavy atom. The Balaban J connectivity index is 2.79. The van der Waals surface area contributed by atoms with Crippen LogP contribution in [-0.2, 0) is 0 Å². The first-order chi connectivity index (χ1) is 9.31. The fraction of sp³-hybridized carbons (Fsp3) is 0.385. The lowest BCUT2D eigenvalue weighted by Gasteiger charge is -2.19. The second kappa shape index (κ2) is 6.85. The minimum atomic E-state index is -1.26. The van der Waals surface area contributed by atoms with Crippen LogP contribution in [0.15, 0.2) is 18.2 Å². The summed E-state index contributed by atoms with van der Waals surface area (Å²) < 4.78 is 13.1. The number of aliphatic hydroxyl groups excluding tert-OH is 1. The minimum Gasteiger partial charge on any atom is -0.478 e. The number of nitrogens with one attached hydrogen (secondary N) is 1. The lowest BCUT2D eigenvalue weighted by atomic mass is 10.1. The van der Waals surface area contributed by atoms with Crippen LogP contribution >= 0.6 is 0 Å². The molecule has 0 aliphatic carbocycles. The van der Waals surface area contributed by atoms with Crippen molar-refractivity contribution in [3.63, 3.8) is 0 Å². The van der Waals surface area contributed by atoms with Gasteiger partial charge < -0.3 is 20.4 Å². The number of carboxylic acids is 1. The largest absolute Gasteiger partial charge is 0.478 e. The Kier molecular flexibility index (Phi) is 5.45. The molecule has 2 amide bonds. The molecule has 1 atom stereocenters. The standard InChI is InChI=1S/C13H17FN2O4/c1-8(17)5-6-16(2)13(20)15-11-7-9(14)3-4-10(11)12(18)19/h3-4,7-8,17H,5-6H2,1-2H3,(H,15,20)(H,18,19). The summed E-state index contributed by atoms with van der Waals surface area (Å²) in [5, 5.41) is 20.4. The van der Waals surface area contributed by atoms with Crippen molar-refractivity contribution in [1.82, 2.24) is 4.90 Å². The number of halogens is 1. The summed E-state index contributed by atoms with van der Waals surface area (Å²) in [6.45, 7) is 1.89. The van der Waals surface area contributed by atoms with E-state index in [9.17, 15) is 14.0 Å². The van der Waals surface area contributed by atoms with Crippen LogP contribution in [0.3, 0.4) is 0 Å². The number of urea groups is 1. The van der Waals surface area contributed by atoms with E-state index in [0.29, 0.717) is 13.0 Å². The molecule has 1 unspecified atom stereocenters. The Morgan fingerprint density at radius 2 is 2.10 bits per heavy atom. The third kappa shape index (κ3) is 4.51. The lowest BCUT2D eigenvalue weighted by Crippen LogP contribution is -2.33. The van der Waals surface area contributed by atoms with E-state index >= 15 is 0 Å². The molecule has 0 aromatic heterocycles. The molecule has 1 aromatic rings. The highest BCUT2D eigenvalue weighted by atomic mass is 19.1. The molecule has 0 spiro atoms. The van der Waals surface area contributed by atoms with Crippen LogP contribution in [0.4, 0.5) is 14.9 Å². The molecule has 0 bridgehead atoms. The summed E-state index contributed by atoms with van der Waals surface area (Å²) in [5.74, 6) is -1.90. The maximum absolute atomic E-state index is 13.1. The number of benzene rings is 1. The van der Waals surface area contributed by atoms with E-state index in [-0.39, 0.29) is 11.3 Å². The zero-order chi connectivity index (χ0) is 15.3. The Bertz CT molecular complexity index is 505. The van der Waals surface area contributed by atoms with E-state index in [1.54, 1.807) is 6.92 Å². The number of nitrogens with zero attached hydrogens (tertiary/aromatic N) is 1. The van der Waals surface area contributed by atoms with Gasteiger partial charge in [0, 0.05) is 13.6 Å². The number of anilines is 1. The number of carbonyl (C=O) groups excluding carboxylic acids is 1. The number of aliphatic hydroxyl groups is 1. The number of carboxylic acid groups (broad SMARTS) is 1. The smallest absolute Gasteiger partial charge is 0.337 e. The van der Waals surface area contributed by atoms with Crippen LogP contribution in [-0.4, -0.2) is 46.8 Å². The van der Waals surface area contributed by atoms with Gasteiger partial charge in [-0.25, -0.2) is 14.0 Å². The van der Waals surface area contributed by atoms with Crippen LogP contribution < -0.4 is 5.32 Å². The molecule has 0 heterocycles. The number of carbonyl (C=O) groups is 2. The van der Waals surface area contributed by atoms with E-state index in [0.717, 1.165) is 18.2 Å². The van der Waals surface area contributed by atoms with Crippen molar-refractivity contribution >= 4 is 17.7 Å². The SMILES string of the molecule is CC(O)CCN(C)C(=O)Nc1cc(F)ccc1C(=O)O. The quantitative estimate of drug-likeness (QED) is 0.768. The topological polar surface area (TPSA) is 89.9 Å². The molecule has 0 aliphatic heterocycles. The molecule has 1 rings (SSSR count). The van der Waals surface area contributed by atoms with Gasteiger partial charge in [0.1, 0.15) is 5.82 Å². The zero-order valence-electron chi connectivity index (χ0n) is 11.3. The van der Waals surface area contributed by atoms with Crippen LogP contribution in [0, 0.1) is 5.82 Å². The Morgan fingerprint density at radius 1 is 1.45 bits per heavy atom. The minimum absolute atomic E-state index is 0.105. The van der Waals surface area contributed by atoms with Crippen molar-refractivity contribution in [3.05, 3.63) is 29.6 Å². The molecule has 1 aromatic carbocycles. The number of rotatable bonds is 5. The van der Waals surface area contributed by atoms with Gasteiger partial charge in [-0.1, -0.05) is 0 Å². The summed E-state index contributed by atoms with van der Waals surface area (Å²) in [7, 11) is 1.50. The Hall–Kier alpha value is -2.15. The summed E-state index contributed by atoms with van der Waals surface area (Å²) >= 11 is 0. The summed E-state index contributed by atoms with van der Waals surface area (Å²) in [6.07, 6.45) is -0.159. The van der Waals surface area contributed by atoms with Gasteiger partial charge in [0.15, 0.2) is 0 Å². The molecule has 6 nitrogen and oxygen atoms in total. The third-order valence-corrected chi connectivity index (χ3v) is 2.68. The fourth-order valence-electron chi connectivity index (χ4n) is 1.50. The predicted molar refractivity (Wildman–Crippen MR) is 71.3 cm³/mol. The average molecular weight is 284 g/mol. The molecular formula is C13H17FN2O4. The van der Waals surface area contributed by atoms with Crippen molar-refractivity contribution in [3.8, 4) is 0 Å². The molecular weight excluding hydrogens is 267 g/mol. The maximum Gasteiger partial charge on any atom is 0.337 e. The normalized spacial score (nSPS) is 11.8. The van der Waals surface area contributed by atoms with E-state index in [2.05, 4.69) is 5.32 Å². The Labute approximate surface area is 115 Å². The average Bonchev–Trinajstić information content (AvgIpc) is 2.35. The van der Waals surface area contributed by atoms with Crippen LogP contribution in [0.2, 0.25) is 0 Å². The molecule has 0 radical (unpaired) electrons. The number of amides is 2.